The second kappa shape index (κ2) is 8.43. The summed E-state index contributed by atoms with van der Waals surface area (Å²) in [5, 5.41) is 13.1. The van der Waals surface area contributed by atoms with E-state index in [0.717, 1.165) is 47.0 Å². The third kappa shape index (κ3) is 4.30. The van der Waals surface area contributed by atoms with E-state index in [4.69, 9.17) is 5.11 Å². The van der Waals surface area contributed by atoms with E-state index in [2.05, 4.69) is 5.32 Å². The molecule has 184 valence electrons. The lowest BCUT2D eigenvalue weighted by Gasteiger charge is -2.56. The number of hydrogen-bond donors (Lipinski definition) is 2. The van der Waals surface area contributed by atoms with Crippen molar-refractivity contribution in [2.45, 2.75) is 57.8 Å². The molecule has 8 heteroatoms. The third-order valence-corrected chi connectivity index (χ3v) is 7.66. The fourth-order valence-corrected chi connectivity index (χ4v) is 5.88. The molecule has 2 aliphatic rings. The minimum Gasteiger partial charge on any atom is -0.481 e. The predicted molar refractivity (Wildman–Crippen MR) is 125 cm³/mol. The molecule has 2 N–H and O–H groups in total. The number of benzene rings is 2. The summed E-state index contributed by atoms with van der Waals surface area (Å²) < 4.78 is 40.8. The van der Waals surface area contributed by atoms with Crippen molar-refractivity contribution in [2.24, 2.45) is 11.3 Å². The van der Waals surface area contributed by atoms with Crippen LogP contribution in [0.1, 0.15) is 59.7 Å². The van der Waals surface area contributed by atoms with Crippen molar-refractivity contribution in [1.29, 1.82) is 0 Å². The van der Waals surface area contributed by atoms with Gasteiger partial charge in [0.2, 0.25) is 0 Å². The van der Waals surface area contributed by atoms with E-state index in [1.165, 1.54) is 12.1 Å². The number of rotatable bonds is 6. The van der Waals surface area contributed by atoms with Crippen molar-refractivity contribution in [1.82, 2.24) is 9.88 Å². The lowest BCUT2D eigenvalue weighted by atomic mass is 9.50. The first kappa shape index (κ1) is 23.5. The number of aromatic nitrogens is 1. The van der Waals surface area contributed by atoms with Crippen LogP contribution in [0.2, 0.25) is 0 Å². The van der Waals surface area contributed by atoms with Crippen LogP contribution in [0.5, 0.6) is 0 Å². The van der Waals surface area contributed by atoms with Crippen molar-refractivity contribution in [3.63, 3.8) is 0 Å². The fourth-order valence-electron chi connectivity index (χ4n) is 5.88. The highest BCUT2D eigenvalue weighted by atomic mass is 19.4. The van der Waals surface area contributed by atoms with Crippen LogP contribution in [0.15, 0.2) is 48.7 Å². The molecule has 1 amide bonds. The number of fused-ring (bicyclic) bond motifs is 1. The largest absolute Gasteiger partial charge is 0.481 e. The number of alkyl halides is 3. The van der Waals surface area contributed by atoms with Gasteiger partial charge in [0.15, 0.2) is 0 Å². The average Bonchev–Trinajstić information content (AvgIpc) is 3.14. The van der Waals surface area contributed by atoms with Gasteiger partial charge in [-0.1, -0.05) is 24.3 Å². The molecule has 1 aromatic heterocycles. The lowest BCUT2D eigenvalue weighted by Crippen LogP contribution is -2.57. The number of nitrogens with one attached hydrogen (secondary N) is 1. The van der Waals surface area contributed by atoms with E-state index in [1.54, 1.807) is 0 Å². The summed E-state index contributed by atoms with van der Waals surface area (Å²) in [7, 11) is 0. The number of carbonyl (C=O) groups is 2. The molecule has 0 saturated heterocycles. The Bertz CT molecular complexity index is 1280. The van der Waals surface area contributed by atoms with Gasteiger partial charge < -0.3 is 15.0 Å². The molecule has 1 spiro atoms. The first-order valence-electron chi connectivity index (χ1n) is 11.9. The van der Waals surface area contributed by atoms with Crippen molar-refractivity contribution < 1.29 is 27.9 Å². The molecular weight excluding hydrogens is 457 g/mol. The molecule has 2 saturated carbocycles. The second-order valence-corrected chi connectivity index (χ2v) is 10.0. The molecule has 5 rings (SSSR count). The highest BCUT2D eigenvalue weighted by Crippen LogP contribution is 2.58. The van der Waals surface area contributed by atoms with Gasteiger partial charge in [0.1, 0.15) is 0 Å². The normalized spacial score (nSPS) is 23.7. The van der Waals surface area contributed by atoms with Crippen LogP contribution in [-0.2, 0) is 23.9 Å². The Morgan fingerprint density at radius 1 is 1.09 bits per heavy atom. The van der Waals surface area contributed by atoms with Crippen molar-refractivity contribution in [3.05, 3.63) is 70.9 Å². The number of aryl methyl sites for hydroxylation is 1. The Morgan fingerprint density at radius 3 is 2.37 bits per heavy atom. The molecule has 0 unspecified atom stereocenters. The van der Waals surface area contributed by atoms with E-state index in [0.29, 0.717) is 31.4 Å². The number of carbonyl (C=O) groups excluding carboxylic acids is 1. The number of carboxylic acid groups (broad SMARTS) is 1. The number of halogens is 3. The SMILES string of the molecule is CCn1cc(C(=O)NC2CC3(C2)CC(C(=O)O)C3)c2c(Cc3ccc(C(F)(F)F)cc3)cccc21. The Hall–Kier alpha value is -3.29. The minimum absolute atomic E-state index is 0.0272. The smallest absolute Gasteiger partial charge is 0.416 e. The Kier molecular flexibility index (Phi) is 5.65. The van der Waals surface area contributed by atoms with Crippen LogP contribution in [0.25, 0.3) is 10.9 Å². The van der Waals surface area contributed by atoms with Crippen LogP contribution in [0.4, 0.5) is 13.2 Å². The van der Waals surface area contributed by atoms with Gasteiger partial charge in [-0.25, -0.2) is 0 Å². The molecule has 5 nitrogen and oxygen atoms in total. The molecule has 0 bridgehead atoms. The first-order valence-corrected chi connectivity index (χ1v) is 11.9. The van der Waals surface area contributed by atoms with Crippen molar-refractivity contribution >= 4 is 22.8 Å². The summed E-state index contributed by atoms with van der Waals surface area (Å²) in [4.78, 5) is 24.4. The molecule has 3 aromatic rings. The molecule has 0 atom stereocenters. The molecule has 0 radical (unpaired) electrons. The zero-order valence-electron chi connectivity index (χ0n) is 19.4. The number of carboxylic acids is 1. The third-order valence-electron chi connectivity index (χ3n) is 7.66. The first-order chi connectivity index (χ1) is 16.6. The molecule has 0 aliphatic heterocycles. The fraction of sp³-hybridized carbons (Fsp3) is 0.407. The van der Waals surface area contributed by atoms with Gasteiger partial charge in [0.25, 0.3) is 5.91 Å². The average molecular weight is 485 g/mol. The topological polar surface area (TPSA) is 71.3 Å². The van der Waals surface area contributed by atoms with Gasteiger partial charge in [-0.05, 0) is 73.8 Å². The summed E-state index contributed by atoms with van der Waals surface area (Å²) >= 11 is 0. The lowest BCUT2D eigenvalue weighted by molar-refractivity contribution is -0.155. The predicted octanol–water partition coefficient (Wildman–Crippen LogP) is 5.64. The highest BCUT2D eigenvalue weighted by molar-refractivity contribution is 6.08. The molecule has 2 aliphatic carbocycles. The van der Waals surface area contributed by atoms with E-state index in [1.807, 2.05) is 35.9 Å². The zero-order chi connectivity index (χ0) is 25.0. The van der Waals surface area contributed by atoms with Crippen molar-refractivity contribution in [2.75, 3.05) is 0 Å². The van der Waals surface area contributed by atoms with Crippen LogP contribution in [0.3, 0.4) is 0 Å². The summed E-state index contributed by atoms with van der Waals surface area (Å²) in [6.07, 6.45) is 0.834. The number of nitrogens with zero attached hydrogens (tertiary/aromatic N) is 1. The highest BCUT2D eigenvalue weighted by Gasteiger charge is 2.55. The van der Waals surface area contributed by atoms with E-state index in [-0.39, 0.29) is 23.3 Å². The number of amides is 1. The Morgan fingerprint density at radius 2 is 1.77 bits per heavy atom. The monoisotopic (exact) mass is 484 g/mol. The Balaban J connectivity index is 1.36. The van der Waals surface area contributed by atoms with E-state index in [9.17, 15) is 22.8 Å². The maximum atomic E-state index is 13.3. The van der Waals surface area contributed by atoms with Gasteiger partial charge >= 0.3 is 12.1 Å². The van der Waals surface area contributed by atoms with E-state index < -0.39 is 17.7 Å². The summed E-state index contributed by atoms with van der Waals surface area (Å²) in [5.41, 5.74) is 2.47. The van der Waals surface area contributed by atoms with Gasteiger partial charge in [-0.15, -0.1) is 0 Å². The van der Waals surface area contributed by atoms with Crippen LogP contribution >= 0.6 is 0 Å². The number of hydrogen-bond acceptors (Lipinski definition) is 2. The molecule has 2 fully saturated rings. The maximum absolute atomic E-state index is 13.3. The van der Waals surface area contributed by atoms with Gasteiger partial charge in [-0.2, -0.15) is 13.2 Å². The standard InChI is InChI=1S/C27H27F3N2O3/c1-2-32-15-21(24(33)31-20-13-26(14-20)11-18(12-26)25(34)35)23-17(4-3-5-22(23)32)10-16-6-8-19(9-7-16)27(28,29)30/h3-9,15,18,20H,2,10-14H2,1H3,(H,31,33)(H,34,35). The second-order valence-electron chi connectivity index (χ2n) is 10.0. The molecule has 35 heavy (non-hydrogen) atoms. The van der Waals surface area contributed by atoms with Gasteiger partial charge in [-0.3, -0.25) is 9.59 Å². The molecule has 2 aromatic carbocycles. The molecular formula is C27H27F3N2O3. The number of aliphatic carboxylic acids is 1. The zero-order valence-corrected chi connectivity index (χ0v) is 19.4. The van der Waals surface area contributed by atoms with Gasteiger partial charge in [0.05, 0.1) is 17.0 Å². The van der Waals surface area contributed by atoms with Crippen LogP contribution in [-0.4, -0.2) is 27.6 Å². The van der Waals surface area contributed by atoms with Gasteiger partial charge in [0, 0.05) is 29.7 Å². The van der Waals surface area contributed by atoms with Crippen LogP contribution < -0.4 is 5.32 Å². The van der Waals surface area contributed by atoms with Crippen molar-refractivity contribution in [3.8, 4) is 0 Å². The van der Waals surface area contributed by atoms with Crippen LogP contribution in [0, 0.1) is 11.3 Å². The summed E-state index contributed by atoms with van der Waals surface area (Å²) in [5.74, 6) is -1.17. The molecule has 1 heterocycles. The quantitative estimate of drug-likeness (QED) is 0.475. The Labute approximate surface area is 200 Å². The maximum Gasteiger partial charge on any atom is 0.416 e. The van der Waals surface area contributed by atoms with E-state index >= 15 is 0 Å². The minimum atomic E-state index is -4.38. The summed E-state index contributed by atoms with van der Waals surface area (Å²) in [6, 6.07) is 10.9. The summed E-state index contributed by atoms with van der Waals surface area (Å²) in [6.45, 7) is 2.67.